The summed E-state index contributed by atoms with van der Waals surface area (Å²) in [6.07, 6.45) is 0. The highest BCUT2D eigenvalue weighted by molar-refractivity contribution is 7.21. The SMILES string of the molecule is Nc1[nH+]c2[nH]c(=O)[nH]c(=O)c2s1. The number of anilines is 1. The highest BCUT2D eigenvalue weighted by Crippen LogP contribution is 2.11. The van der Waals surface area contributed by atoms with Crippen molar-refractivity contribution >= 4 is 26.8 Å². The molecule has 0 fully saturated rings. The van der Waals surface area contributed by atoms with Crippen LogP contribution in [0.15, 0.2) is 9.59 Å². The van der Waals surface area contributed by atoms with Crippen molar-refractivity contribution in [1.82, 2.24) is 9.97 Å². The summed E-state index contributed by atoms with van der Waals surface area (Å²) < 4.78 is 0.395. The lowest BCUT2D eigenvalue weighted by atomic mass is 10.6. The summed E-state index contributed by atoms with van der Waals surface area (Å²) in [5.74, 6) is 0. The van der Waals surface area contributed by atoms with E-state index in [4.69, 9.17) is 5.73 Å². The predicted molar refractivity (Wildman–Crippen MR) is 44.0 cm³/mol. The van der Waals surface area contributed by atoms with Crippen molar-refractivity contribution in [1.29, 1.82) is 0 Å². The van der Waals surface area contributed by atoms with Crippen LogP contribution in [0, 0.1) is 0 Å². The number of nitrogens with one attached hydrogen (secondary N) is 3. The Morgan fingerprint density at radius 3 is 2.83 bits per heavy atom. The molecular weight excluding hydrogens is 180 g/mol. The molecule has 0 aliphatic heterocycles. The van der Waals surface area contributed by atoms with Gasteiger partial charge in [0.25, 0.3) is 16.3 Å². The van der Waals surface area contributed by atoms with Crippen molar-refractivity contribution in [3.05, 3.63) is 20.8 Å². The summed E-state index contributed by atoms with van der Waals surface area (Å²) in [5.41, 5.74) is 4.80. The quantitative estimate of drug-likeness (QED) is 0.473. The van der Waals surface area contributed by atoms with Gasteiger partial charge in [-0.3, -0.25) is 9.78 Å². The van der Waals surface area contributed by atoms with Crippen molar-refractivity contribution in [3.8, 4) is 0 Å². The number of hydrogen-bond acceptors (Lipinski definition) is 4. The first kappa shape index (κ1) is 7.04. The molecule has 0 saturated carbocycles. The van der Waals surface area contributed by atoms with Crippen LogP contribution in [0.4, 0.5) is 5.13 Å². The van der Waals surface area contributed by atoms with Crippen LogP contribution in [0.1, 0.15) is 0 Å². The maximum atomic E-state index is 11.1. The Labute approximate surface area is 69.1 Å². The minimum Gasteiger partial charge on any atom is -0.310 e. The maximum absolute atomic E-state index is 11.1. The topological polar surface area (TPSA) is 106 Å². The lowest BCUT2D eigenvalue weighted by molar-refractivity contribution is -0.324. The Balaban J connectivity index is 3.08. The third-order valence-electron chi connectivity index (χ3n) is 1.36. The number of nitrogen functional groups attached to an aromatic ring is 1. The fourth-order valence-corrected chi connectivity index (χ4v) is 1.64. The van der Waals surface area contributed by atoms with E-state index in [0.29, 0.717) is 15.5 Å². The number of nitrogens with two attached hydrogens (primary N) is 1. The van der Waals surface area contributed by atoms with Crippen molar-refractivity contribution in [2.75, 3.05) is 5.73 Å². The average molecular weight is 185 g/mol. The first-order valence-corrected chi connectivity index (χ1v) is 3.92. The zero-order valence-corrected chi connectivity index (χ0v) is 6.62. The second-order valence-electron chi connectivity index (χ2n) is 2.20. The van der Waals surface area contributed by atoms with Crippen LogP contribution in [0.5, 0.6) is 0 Å². The molecule has 7 heteroatoms. The average Bonchev–Trinajstić information content (AvgIpc) is 2.29. The fourth-order valence-electron chi connectivity index (χ4n) is 0.919. The van der Waals surface area contributed by atoms with Gasteiger partial charge in [0.1, 0.15) is 0 Å². The molecule has 12 heavy (non-hydrogen) atoms. The Morgan fingerprint density at radius 1 is 1.33 bits per heavy atom. The lowest BCUT2D eigenvalue weighted by Crippen LogP contribution is -2.23. The molecule has 0 spiro atoms. The summed E-state index contributed by atoms with van der Waals surface area (Å²) in [6, 6.07) is 0. The Hall–Kier alpha value is -1.63. The number of thiazole rings is 1. The molecule has 2 aromatic heterocycles. The fraction of sp³-hybridized carbons (Fsp3) is 0. The molecule has 6 nitrogen and oxygen atoms in total. The van der Waals surface area contributed by atoms with Gasteiger partial charge < -0.3 is 5.73 Å². The van der Waals surface area contributed by atoms with Gasteiger partial charge in [-0.15, -0.1) is 0 Å². The molecule has 2 aromatic rings. The van der Waals surface area contributed by atoms with Gasteiger partial charge >= 0.3 is 5.69 Å². The maximum Gasteiger partial charge on any atom is 0.384 e. The first-order chi connectivity index (χ1) is 5.66. The largest absolute Gasteiger partial charge is 0.384 e. The van der Waals surface area contributed by atoms with E-state index in [2.05, 4.69) is 15.0 Å². The third-order valence-corrected chi connectivity index (χ3v) is 2.27. The van der Waals surface area contributed by atoms with E-state index in [1.54, 1.807) is 0 Å². The van der Waals surface area contributed by atoms with E-state index >= 15 is 0 Å². The second-order valence-corrected chi connectivity index (χ2v) is 3.26. The number of aromatic amines is 3. The minimum atomic E-state index is -0.540. The summed E-state index contributed by atoms with van der Waals surface area (Å²) in [4.78, 5) is 29.0. The number of hydrogen-bond donors (Lipinski definition) is 3. The third kappa shape index (κ3) is 0.909. The first-order valence-electron chi connectivity index (χ1n) is 3.11. The molecule has 0 amide bonds. The number of rotatable bonds is 0. The van der Waals surface area contributed by atoms with Crippen LogP contribution in [0.2, 0.25) is 0 Å². The van der Waals surface area contributed by atoms with E-state index in [1.807, 2.05) is 0 Å². The van der Waals surface area contributed by atoms with Gasteiger partial charge in [-0.2, -0.15) is 0 Å². The molecule has 0 saturated heterocycles. The molecule has 0 bridgehead atoms. The zero-order valence-electron chi connectivity index (χ0n) is 5.80. The Morgan fingerprint density at radius 2 is 2.08 bits per heavy atom. The van der Waals surface area contributed by atoms with E-state index in [-0.39, 0.29) is 0 Å². The van der Waals surface area contributed by atoms with Gasteiger partial charge in [0, 0.05) is 0 Å². The predicted octanol–water partition coefficient (Wildman–Crippen LogP) is -1.33. The van der Waals surface area contributed by atoms with Crippen molar-refractivity contribution in [3.63, 3.8) is 0 Å². The summed E-state index contributed by atoms with van der Waals surface area (Å²) >= 11 is 1.10. The van der Waals surface area contributed by atoms with Crippen LogP contribution in [-0.2, 0) is 0 Å². The van der Waals surface area contributed by atoms with Crippen molar-refractivity contribution in [2.45, 2.75) is 0 Å². The molecule has 62 valence electrons. The highest BCUT2D eigenvalue weighted by atomic mass is 32.1. The molecule has 2 rings (SSSR count). The van der Waals surface area contributed by atoms with Crippen LogP contribution >= 0.6 is 11.3 Å². The second kappa shape index (κ2) is 2.18. The monoisotopic (exact) mass is 185 g/mol. The number of fused-ring (bicyclic) bond motifs is 1. The summed E-state index contributed by atoms with van der Waals surface area (Å²) in [5, 5.41) is 0.386. The molecule has 0 aromatic carbocycles. The minimum absolute atomic E-state index is 0.367. The lowest BCUT2D eigenvalue weighted by Gasteiger charge is -1.78. The van der Waals surface area contributed by atoms with E-state index in [1.165, 1.54) is 0 Å². The molecule has 2 heterocycles. The van der Waals surface area contributed by atoms with Gasteiger partial charge in [-0.1, -0.05) is 11.3 Å². The Kier molecular flexibility index (Phi) is 1.28. The zero-order chi connectivity index (χ0) is 8.72. The normalized spacial score (nSPS) is 10.7. The van der Waals surface area contributed by atoms with Gasteiger partial charge in [-0.05, 0) is 0 Å². The molecule has 0 atom stereocenters. The van der Waals surface area contributed by atoms with E-state index in [0.717, 1.165) is 11.3 Å². The van der Waals surface area contributed by atoms with Crippen LogP contribution < -0.4 is 22.0 Å². The van der Waals surface area contributed by atoms with Gasteiger partial charge in [-0.25, -0.2) is 14.8 Å². The number of H-pyrrole nitrogens is 3. The van der Waals surface area contributed by atoms with Gasteiger partial charge in [0.05, 0.1) is 0 Å². The van der Waals surface area contributed by atoms with Crippen LogP contribution in [0.25, 0.3) is 10.3 Å². The van der Waals surface area contributed by atoms with E-state index < -0.39 is 11.2 Å². The smallest absolute Gasteiger partial charge is 0.310 e. The van der Waals surface area contributed by atoms with Crippen molar-refractivity contribution in [2.24, 2.45) is 0 Å². The summed E-state index contributed by atoms with van der Waals surface area (Å²) in [7, 11) is 0. The summed E-state index contributed by atoms with van der Waals surface area (Å²) in [6.45, 7) is 0. The molecule has 5 N–H and O–H groups in total. The van der Waals surface area contributed by atoms with Crippen LogP contribution in [-0.4, -0.2) is 9.97 Å². The van der Waals surface area contributed by atoms with E-state index in [9.17, 15) is 9.59 Å². The molecular formula is C5H5N4O2S+. The molecule has 0 radical (unpaired) electrons. The molecule has 0 aliphatic rings. The molecule has 0 unspecified atom stereocenters. The van der Waals surface area contributed by atoms with Crippen LogP contribution in [0.3, 0.4) is 0 Å². The van der Waals surface area contributed by atoms with Gasteiger partial charge in [0.15, 0.2) is 4.70 Å². The van der Waals surface area contributed by atoms with Gasteiger partial charge in [0.2, 0.25) is 0 Å². The van der Waals surface area contributed by atoms with Crippen molar-refractivity contribution < 1.29 is 4.98 Å². The number of aromatic nitrogens is 3. The standard InChI is InChI=1S/C5H4N4O2S/c6-4-7-2-1(12-4)3(10)9-5(11)8-2/h(H4,6,7,8,9,10,11)/p+1. The highest BCUT2D eigenvalue weighted by Gasteiger charge is 2.09. The molecule has 0 aliphatic carbocycles. The Bertz CT molecular complexity index is 536.